The molecule has 0 heterocycles. The molecule has 24 heavy (non-hydrogen) atoms. The van der Waals surface area contributed by atoms with E-state index in [-0.39, 0.29) is 0 Å². The summed E-state index contributed by atoms with van der Waals surface area (Å²) in [6, 6.07) is 30.3. The van der Waals surface area contributed by atoms with Gasteiger partial charge < -0.3 is 0 Å². The molecule has 0 aliphatic carbocycles. The van der Waals surface area contributed by atoms with Crippen LogP contribution in [-0.4, -0.2) is 6.16 Å². The summed E-state index contributed by atoms with van der Waals surface area (Å²) in [6.07, 6.45) is 1.89. The Morgan fingerprint density at radius 1 is 0.625 bits per heavy atom. The Bertz CT molecular complexity index is 688. The van der Waals surface area contributed by atoms with Crippen molar-refractivity contribution in [1.29, 1.82) is 0 Å². The standard InChI is InChI=1S/C21H23O2P/c1-2-18-24(21-16-10-5-11-17-21,22-19-12-6-3-7-13-19)23-20-14-8-4-9-15-20/h3-17,24H,2,18H2,1H3. The van der Waals surface area contributed by atoms with E-state index in [0.29, 0.717) is 0 Å². The average Bonchev–Trinajstić information content (AvgIpc) is 2.64. The van der Waals surface area contributed by atoms with E-state index in [1.807, 2.05) is 66.7 Å². The van der Waals surface area contributed by atoms with E-state index in [1.165, 1.54) is 0 Å². The summed E-state index contributed by atoms with van der Waals surface area (Å²) in [5.41, 5.74) is 0. The van der Waals surface area contributed by atoms with Crippen molar-refractivity contribution in [2.45, 2.75) is 13.3 Å². The monoisotopic (exact) mass is 338 g/mol. The van der Waals surface area contributed by atoms with E-state index in [0.717, 1.165) is 29.4 Å². The Balaban J connectivity index is 2.02. The van der Waals surface area contributed by atoms with Gasteiger partial charge in [-0.05, 0) is 0 Å². The summed E-state index contributed by atoms with van der Waals surface area (Å²) in [7, 11) is -2.65. The van der Waals surface area contributed by atoms with Crippen LogP contribution in [0.5, 0.6) is 11.5 Å². The molecular formula is C21H23O2P. The van der Waals surface area contributed by atoms with Crippen molar-refractivity contribution in [3.8, 4) is 11.5 Å². The van der Waals surface area contributed by atoms with Gasteiger partial charge in [-0.1, -0.05) is 0 Å². The fraction of sp³-hybridized carbons (Fsp3) is 0.143. The number of rotatable bonds is 7. The van der Waals surface area contributed by atoms with Crippen LogP contribution in [0.15, 0.2) is 91.0 Å². The first-order valence-electron chi connectivity index (χ1n) is 8.36. The Morgan fingerprint density at radius 3 is 1.46 bits per heavy atom. The number of hydrogen-bond donors (Lipinski definition) is 0. The summed E-state index contributed by atoms with van der Waals surface area (Å²) in [5, 5.41) is 1.15. The maximum absolute atomic E-state index is 6.55. The number of para-hydroxylation sites is 2. The zero-order chi connectivity index (χ0) is 16.7. The summed E-state index contributed by atoms with van der Waals surface area (Å²) in [4.78, 5) is 0. The second kappa shape index (κ2) is 7.99. The summed E-state index contributed by atoms with van der Waals surface area (Å²) < 4.78 is 13.1. The summed E-state index contributed by atoms with van der Waals surface area (Å²) >= 11 is 0. The Labute approximate surface area is 144 Å². The molecule has 0 saturated heterocycles. The maximum atomic E-state index is 6.55. The van der Waals surface area contributed by atoms with Crippen molar-refractivity contribution >= 4 is 13.0 Å². The van der Waals surface area contributed by atoms with E-state index in [1.54, 1.807) is 0 Å². The number of hydrogen-bond acceptors (Lipinski definition) is 2. The van der Waals surface area contributed by atoms with Crippen LogP contribution in [0.25, 0.3) is 0 Å². The molecule has 0 unspecified atom stereocenters. The van der Waals surface area contributed by atoms with Crippen LogP contribution in [0.4, 0.5) is 0 Å². The first kappa shape index (κ1) is 16.5. The van der Waals surface area contributed by atoms with Gasteiger partial charge in [0, 0.05) is 0 Å². The van der Waals surface area contributed by atoms with Gasteiger partial charge in [0.1, 0.15) is 0 Å². The third-order valence-electron chi connectivity index (χ3n) is 3.84. The predicted octanol–water partition coefficient (Wildman–Crippen LogP) is 5.46. The first-order valence-corrected chi connectivity index (χ1v) is 10.4. The van der Waals surface area contributed by atoms with Gasteiger partial charge in [0.05, 0.1) is 0 Å². The fourth-order valence-corrected chi connectivity index (χ4v) is 5.93. The molecule has 0 amide bonds. The molecule has 0 atom stereocenters. The molecule has 0 aliphatic heterocycles. The molecule has 0 bridgehead atoms. The molecule has 0 fully saturated rings. The van der Waals surface area contributed by atoms with Gasteiger partial charge in [0.25, 0.3) is 0 Å². The van der Waals surface area contributed by atoms with Crippen molar-refractivity contribution in [3.05, 3.63) is 91.0 Å². The minimum absolute atomic E-state index is 0.859. The Hall–Kier alpha value is -2.31. The molecule has 0 saturated carbocycles. The summed E-state index contributed by atoms with van der Waals surface area (Å²) in [6.45, 7) is 2.17. The van der Waals surface area contributed by atoms with Crippen LogP contribution in [0, 0.1) is 0 Å². The van der Waals surface area contributed by atoms with Crippen molar-refractivity contribution in [3.63, 3.8) is 0 Å². The second-order valence-corrected chi connectivity index (χ2v) is 8.69. The molecule has 0 aromatic heterocycles. The van der Waals surface area contributed by atoms with Crippen LogP contribution in [0.3, 0.4) is 0 Å². The quantitative estimate of drug-likeness (QED) is 0.533. The van der Waals surface area contributed by atoms with Gasteiger partial charge in [0.2, 0.25) is 0 Å². The molecule has 0 radical (unpaired) electrons. The Kier molecular flexibility index (Phi) is 5.51. The van der Waals surface area contributed by atoms with Gasteiger partial charge in [-0.3, -0.25) is 0 Å². The van der Waals surface area contributed by atoms with Gasteiger partial charge >= 0.3 is 144 Å². The average molecular weight is 338 g/mol. The zero-order valence-electron chi connectivity index (χ0n) is 13.9. The van der Waals surface area contributed by atoms with Gasteiger partial charge in [-0.25, -0.2) is 0 Å². The molecule has 0 aliphatic rings. The molecular weight excluding hydrogens is 315 g/mol. The predicted molar refractivity (Wildman–Crippen MR) is 104 cm³/mol. The molecule has 3 aromatic rings. The third kappa shape index (κ3) is 3.96. The van der Waals surface area contributed by atoms with Crippen LogP contribution >= 0.6 is 7.72 Å². The Morgan fingerprint density at radius 2 is 1.04 bits per heavy atom. The van der Waals surface area contributed by atoms with Crippen molar-refractivity contribution in [1.82, 2.24) is 0 Å². The minimum atomic E-state index is -2.65. The van der Waals surface area contributed by atoms with Gasteiger partial charge in [-0.2, -0.15) is 0 Å². The molecule has 0 spiro atoms. The van der Waals surface area contributed by atoms with E-state index < -0.39 is 7.72 Å². The van der Waals surface area contributed by atoms with Gasteiger partial charge in [0.15, 0.2) is 0 Å². The molecule has 124 valence electrons. The molecule has 3 rings (SSSR count). The second-order valence-electron chi connectivity index (χ2n) is 5.70. The zero-order valence-corrected chi connectivity index (χ0v) is 14.9. The van der Waals surface area contributed by atoms with Crippen LogP contribution in [0.1, 0.15) is 13.3 Å². The van der Waals surface area contributed by atoms with E-state index in [9.17, 15) is 0 Å². The van der Waals surface area contributed by atoms with E-state index in [2.05, 4.69) is 31.2 Å². The van der Waals surface area contributed by atoms with Crippen LogP contribution < -0.4 is 14.4 Å². The fourth-order valence-electron chi connectivity index (χ4n) is 2.76. The third-order valence-corrected chi connectivity index (χ3v) is 7.35. The van der Waals surface area contributed by atoms with Gasteiger partial charge in [-0.15, -0.1) is 0 Å². The number of benzene rings is 3. The molecule has 3 heteroatoms. The normalized spacial score (nSPS) is 11.7. The molecule has 2 nitrogen and oxygen atoms in total. The van der Waals surface area contributed by atoms with E-state index in [4.69, 9.17) is 9.05 Å². The van der Waals surface area contributed by atoms with Crippen LogP contribution in [-0.2, 0) is 0 Å². The van der Waals surface area contributed by atoms with Crippen molar-refractivity contribution in [2.24, 2.45) is 0 Å². The topological polar surface area (TPSA) is 18.5 Å². The first-order chi connectivity index (χ1) is 11.8. The summed E-state index contributed by atoms with van der Waals surface area (Å²) in [5.74, 6) is 1.72. The molecule has 0 N–H and O–H groups in total. The van der Waals surface area contributed by atoms with E-state index >= 15 is 0 Å². The molecule has 3 aromatic carbocycles. The van der Waals surface area contributed by atoms with Crippen LogP contribution in [0.2, 0.25) is 0 Å². The SMILES string of the molecule is CCC[PH](Oc1ccccc1)(Oc1ccccc1)c1ccccc1. The van der Waals surface area contributed by atoms with Crippen molar-refractivity contribution < 1.29 is 9.05 Å². The van der Waals surface area contributed by atoms with Crippen molar-refractivity contribution in [2.75, 3.05) is 6.16 Å².